The first-order valence-corrected chi connectivity index (χ1v) is 5.89. The summed E-state index contributed by atoms with van der Waals surface area (Å²) in [5, 5.41) is 15.6. The van der Waals surface area contributed by atoms with Gasteiger partial charge in [-0.15, -0.1) is 0 Å². The minimum atomic E-state index is -0.290. The van der Waals surface area contributed by atoms with E-state index in [9.17, 15) is 4.79 Å². The molecule has 0 aliphatic heterocycles. The van der Waals surface area contributed by atoms with Crippen molar-refractivity contribution in [1.82, 2.24) is 9.78 Å². The Morgan fingerprint density at radius 2 is 2.33 bits per heavy atom. The first-order valence-electron chi connectivity index (χ1n) is 5.10. The lowest BCUT2D eigenvalue weighted by Gasteiger charge is -2.05. The lowest BCUT2D eigenvalue weighted by Crippen LogP contribution is -2.12. The molecule has 0 aliphatic carbocycles. The molecule has 1 amide bonds. The van der Waals surface area contributed by atoms with Crippen molar-refractivity contribution in [2.45, 2.75) is 0 Å². The number of hydrogen-bond donors (Lipinski definition) is 1. The van der Waals surface area contributed by atoms with E-state index in [4.69, 9.17) is 5.26 Å². The number of halogens is 1. The van der Waals surface area contributed by atoms with Crippen LogP contribution in [0.25, 0.3) is 0 Å². The number of nitriles is 1. The summed E-state index contributed by atoms with van der Waals surface area (Å²) in [6, 6.07) is 7.13. The van der Waals surface area contributed by atoms with Gasteiger partial charge in [0, 0.05) is 17.7 Å². The summed E-state index contributed by atoms with van der Waals surface area (Å²) in [7, 11) is 1.73. The number of carbonyl (C=O) groups is 1. The van der Waals surface area contributed by atoms with Crippen molar-refractivity contribution in [3.63, 3.8) is 0 Å². The van der Waals surface area contributed by atoms with Crippen molar-refractivity contribution in [1.29, 1.82) is 5.26 Å². The molecule has 0 atom stereocenters. The van der Waals surface area contributed by atoms with Gasteiger partial charge >= 0.3 is 0 Å². The third-order valence-electron chi connectivity index (χ3n) is 2.32. The van der Waals surface area contributed by atoms with Crippen molar-refractivity contribution in [2.75, 3.05) is 5.32 Å². The van der Waals surface area contributed by atoms with Crippen LogP contribution < -0.4 is 5.32 Å². The monoisotopic (exact) mass is 304 g/mol. The zero-order valence-electron chi connectivity index (χ0n) is 9.51. The van der Waals surface area contributed by atoms with E-state index in [0.717, 1.165) is 4.47 Å². The smallest absolute Gasteiger partial charge is 0.258 e. The number of hydrogen-bond acceptors (Lipinski definition) is 3. The quantitative estimate of drug-likeness (QED) is 0.925. The molecule has 1 aromatic carbocycles. The minimum absolute atomic E-state index is 0.290. The van der Waals surface area contributed by atoms with Crippen molar-refractivity contribution >= 4 is 27.5 Å². The molecule has 0 bridgehead atoms. The largest absolute Gasteiger partial charge is 0.321 e. The van der Waals surface area contributed by atoms with Crippen molar-refractivity contribution in [3.8, 4) is 6.07 Å². The summed E-state index contributed by atoms with van der Waals surface area (Å²) in [6.45, 7) is 0. The molecule has 0 aliphatic rings. The number of nitrogens with zero attached hydrogens (tertiary/aromatic N) is 3. The molecule has 0 radical (unpaired) electrons. The average Bonchev–Trinajstić information content (AvgIpc) is 2.78. The Kier molecular flexibility index (Phi) is 3.44. The maximum absolute atomic E-state index is 11.9. The molecule has 2 rings (SSSR count). The van der Waals surface area contributed by atoms with Gasteiger partial charge in [-0.05, 0) is 18.2 Å². The maximum atomic E-state index is 11.9. The molecule has 1 N–H and O–H groups in total. The van der Waals surface area contributed by atoms with E-state index in [-0.39, 0.29) is 5.91 Å². The number of nitrogens with one attached hydrogen (secondary N) is 1. The summed E-state index contributed by atoms with van der Waals surface area (Å²) >= 11 is 3.27. The Hall–Kier alpha value is -2.13. The zero-order valence-corrected chi connectivity index (χ0v) is 11.1. The average molecular weight is 305 g/mol. The van der Waals surface area contributed by atoms with Crippen LogP contribution in [0.2, 0.25) is 0 Å². The second kappa shape index (κ2) is 5.02. The number of aryl methyl sites for hydroxylation is 1. The number of carbonyl (C=O) groups excluding carboxylic acids is 1. The lowest BCUT2D eigenvalue weighted by molar-refractivity contribution is 0.102. The van der Waals surface area contributed by atoms with Gasteiger partial charge in [0.25, 0.3) is 5.91 Å². The zero-order chi connectivity index (χ0) is 13.1. The summed E-state index contributed by atoms with van der Waals surface area (Å²) in [5.41, 5.74) is 1.33. The normalized spacial score (nSPS) is 9.83. The van der Waals surface area contributed by atoms with Crippen LogP contribution in [0.15, 0.2) is 35.1 Å². The topological polar surface area (TPSA) is 70.7 Å². The van der Waals surface area contributed by atoms with E-state index in [0.29, 0.717) is 16.8 Å². The van der Waals surface area contributed by atoms with E-state index in [1.165, 1.54) is 6.20 Å². The third-order valence-corrected chi connectivity index (χ3v) is 2.81. The minimum Gasteiger partial charge on any atom is -0.321 e. The number of anilines is 1. The van der Waals surface area contributed by atoms with Crippen LogP contribution in [0.4, 0.5) is 5.69 Å². The molecule has 0 fully saturated rings. The molecule has 18 heavy (non-hydrogen) atoms. The Balaban J connectivity index is 2.25. The van der Waals surface area contributed by atoms with E-state index in [1.807, 2.05) is 6.07 Å². The first kappa shape index (κ1) is 12.3. The highest BCUT2D eigenvalue weighted by molar-refractivity contribution is 9.10. The van der Waals surface area contributed by atoms with E-state index < -0.39 is 0 Å². The highest BCUT2D eigenvalue weighted by atomic mass is 79.9. The Morgan fingerprint density at radius 1 is 1.56 bits per heavy atom. The summed E-state index contributed by atoms with van der Waals surface area (Å²) in [6.07, 6.45) is 3.08. The molecule has 0 saturated carbocycles. The van der Waals surface area contributed by atoms with Crippen molar-refractivity contribution < 1.29 is 4.79 Å². The predicted molar refractivity (Wildman–Crippen MR) is 70.0 cm³/mol. The molecule has 1 heterocycles. The Morgan fingerprint density at radius 3 is 2.94 bits per heavy atom. The number of amides is 1. The molecular formula is C12H9BrN4O. The van der Waals surface area contributed by atoms with Crippen molar-refractivity contribution in [2.24, 2.45) is 7.05 Å². The van der Waals surface area contributed by atoms with Gasteiger partial charge in [-0.25, -0.2) is 0 Å². The van der Waals surface area contributed by atoms with Crippen LogP contribution in [0, 0.1) is 11.3 Å². The number of aromatic nitrogens is 2. The van der Waals surface area contributed by atoms with Crippen LogP contribution in [0.5, 0.6) is 0 Å². The molecule has 6 heteroatoms. The third kappa shape index (κ3) is 2.57. The van der Waals surface area contributed by atoms with E-state index in [2.05, 4.69) is 26.3 Å². The van der Waals surface area contributed by atoms with Crippen LogP contribution in [-0.4, -0.2) is 15.7 Å². The van der Waals surface area contributed by atoms with Gasteiger partial charge in [0.05, 0.1) is 23.0 Å². The molecule has 0 spiro atoms. The fourth-order valence-electron chi connectivity index (χ4n) is 1.45. The SMILES string of the molecule is Cn1cc(C(=O)Nc2ccc(Br)cc2C#N)cn1. The van der Waals surface area contributed by atoms with Gasteiger partial charge in [0.15, 0.2) is 0 Å². The second-order valence-corrected chi connectivity index (χ2v) is 4.57. The standard InChI is InChI=1S/C12H9BrN4O/c1-17-7-9(6-15-17)12(18)16-11-3-2-10(13)4-8(11)5-14/h2-4,6-7H,1H3,(H,16,18). The van der Waals surface area contributed by atoms with Gasteiger partial charge in [-0.1, -0.05) is 15.9 Å². The first-order chi connectivity index (χ1) is 8.60. The second-order valence-electron chi connectivity index (χ2n) is 3.66. The molecule has 5 nitrogen and oxygen atoms in total. The van der Waals surface area contributed by atoms with Gasteiger partial charge in [0.2, 0.25) is 0 Å². The van der Waals surface area contributed by atoms with Crippen molar-refractivity contribution in [3.05, 3.63) is 46.2 Å². The lowest BCUT2D eigenvalue weighted by atomic mass is 10.2. The molecular weight excluding hydrogens is 296 g/mol. The number of benzene rings is 1. The van der Waals surface area contributed by atoms with Gasteiger partial charge < -0.3 is 5.32 Å². The van der Waals surface area contributed by atoms with E-state index in [1.54, 1.807) is 36.1 Å². The summed E-state index contributed by atoms with van der Waals surface area (Å²) in [5.74, 6) is -0.290. The van der Waals surface area contributed by atoms with E-state index >= 15 is 0 Å². The van der Waals surface area contributed by atoms with Crippen LogP contribution in [0.3, 0.4) is 0 Å². The highest BCUT2D eigenvalue weighted by Crippen LogP contribution is 2.20. The fraction of sp³-hybridized carbons (Fsp3) is 0.0833. The Bertz CT molecular complexity index is 642. The molecule has 0 unspecified atom stereocenters. The maximum Gasteiger partial charge on any atom is 0.258 e. The molecule has 1 aromatic heterocycles. The predicted octanol–water partition coefficient (Wildman–Crippen LogP) is 2.31. The molecule has 90 valence electrons. The van der Waals surface area contributed by atoms with Gasteiger partial charge in [0.1, 0.15) is 6.07 Å². The number of rotatable bonds is 2. The fourth-order valence-corrected chi connectivity index (χ4v) is 1.81. The summed E-state index contributed by atoms with van der Waals surface area (Å²) < 4.78 is 2.33. The van der Waals surface area contributed by atoms with Gasteiger partial charge in [-0.2, -0.15) is 10.4 Å². The van der Waals surface area contributed by atoms with Gasteiger partial charge in [-0.3, -0.25) is 9.48 Å². The van der Waals surface area contributed by atoms with Crippen LogP contribution in [0.1, 0.15) is 15.9 Å². The highest BCUT2D eigenvalue weighted by Gasteiger charge is 2.10. The van der Waals surface area contributed by atoms with Crippen LogP contribution >= 0.6 is 15.9 Å². The molecule has 2 aromatic rings. The Labute approximate surface area is 112 Å². The summed E-state index contributed by atoms with van der Waals surface area (Å²) in [4.78, 5) is 11.9. The molecule has 0 saturated heterocycles. The van der Waals surface area contributed by atoms with Crippen LogP contribution in [-0.2, 0) is 7.05 Å².